The smallest absolute Gasteiger partial charge is 0.260 e. The van der Waals surface area contributed by atoms with Crippen molar-refractivity contribution >= 4 is 11.7 Å². The highest BCUT2D eigenvalue weighted by molar-refractivity contribution is 5.94. The molecule has 0 saturated carbocycles. The predicted octanol–water partition coefficient (Wildman–Crippen LogP) is 1.56. The van der Waals surface area contributed by atoms with Gasteiger partial charge in [-0.25, -0.2) is 0 Å². The third kappa shape index (κ3) is 3.88. The Balaban J connectivity index is 1.57. The first-order valence-electron chi connectivity index (χ1n) is 8.20. The van der Waals surface area contributed by atoms with Crippen molar-refractivity contribution in [3.8, 4) is 5.75 Å². The van der Waals surface area contributed by atoms with Crippen LogP contribution < -0.4 is 4.74 Å². The van der Waals surface area contributed by atoms with Gasteiger partial charge in [0.05, 0.1) is 30.6 Å². The van der Waals surface area contributed by atoms with E-state index < -0.39 is 6.10 Å². The van der Waals surface area contributed by atoms with Crippen LogP contribution in [0, 0.1) is 0 Å². The molecule has 0 aliphatic carbocycles. The lowest BCUT2D eigenvalue weighted by Gasteiger charge is -2.27. The number of rotatable bonds is 5. The Kier molecular flexibility index (Phi) is 4.85. The van der Waals surface area contributed by atoms with Crippen LogP contribution in [0.5, 0.6) is 5.75 Å². The van der Waals surface area contributed by atoms with Crippen molar-refractivity contribution < 1.29 is 19.4 Å². The first kappa shape index (κ1) is 17.2. The van der Waals surface area contributed by atoms with Gasteiger partial charge in [-0.1, -0.05) is 0 Å². The third-order valence-corrected chi connectivity index (χ3v) is 4.22. The SMILES string of the molecule is CC(=O)c1ccc(OCC(=O)N2CCn3nc(C(C)O)cc3C2)cc1. The number of aliphatic hydroxyl groups excluding tert-OH is 1. The zero-order valence-corrected chi connectivity index (χ0v) is 14.3. The van der Waals surface area contributed by atoms with Crippen molar-refractivity contribution in [3.63, 3.8) is 0 Å². The van der Waals surface area contributed by atoms with Gasteiger partial charge in [-0.05, 0) is 44.2 Å². The highest BCUT2D eigenvalue weighted by Crippen LogP contribution is 2.18. The molecule has 132 valence electrons. The number of nitrogens with zero attached hydrogens (tertiary/aromatic N) is 3. The number of carbonyl (C=O) groups is 2. The van der Waals surface area contributed by atoms with Crippen LogP contribution in [0.25, 0.3) is 0 Å². The molecule has 1 aromatic carbocycles. The van der Waals surface area contributed by atoms with Gasteiger partial charge in [-0.2, -0.15) is 5.10 Å². The van der Waals surface area contributed by atoms with Crippen molar-refractivity contribution in [3.05, 3.63) is 47.3 Å². The van der Waals surface area contributed by atoms with E-state index in [4.69, 9.17) is 4.74 Å². The van der Waals surface area contributed by atoms with Crippen LogP contribution in [0.15, 0.2) is 30.3 Å². The van der Waals surface area contributed by atoms with Gasteiger partial charge in [0, 0.05) is 12.1 Å². The standard InChI is InChI=1S/C18H21N3O4/c1-12(22)14-3-5-16(6-4-14)25-11-18(24)20-7-8-21-15(10-20)9-17(19-21)13(2)23/h3-6,9,13,23H,7-8,10-11H2,1-2H3. The minimum atomic E-state index is -0.622. The second-order valence-corrected chi connectivity index (χ2v) is 6.14. The van der Waals surface area contributed by atoms with E-state index in [1.807, 2.05) is 10.7 Å². The molecule has 1 aliphatic heterocycles. The monoisotopic (exact) mass is 343 g/mol. The molecule has 1 aromatic heterocycles. The molecule has 7 nitrogen and oxygen atoms in total. The topological polar surface area (TPSA) is 84.7 Å². The third-order valence-electron chi connectivity index (χ3n) is 4.22. The van der Waals surface area contributed by atoms with E-state index in [0.29, 0.717) is 36.6 Å². The van der Waals surface area contributed by atoms with Crippen molar-refractivity contribution in [2.75, 3.05) is 13.2 Å². The minimum Gasteiger partial charge on any atom is -0.484 e. The second-order valence-electron chi connectivity index (χ2n) is 6.14. The molecule has 1 aliphatic rings. The number of hydrogen-bond donors (Lipinski definition) is 1. The molecule has 1 atom stereocenters. The molecule has 25 heavy (non-hydrogen) atoms. The average molecular weight is 343 g/mol. The van der Waals surface area contributed by atoms with E-state index in [1.165, 1.54) is 6.92 Å². The van der Waals surface area contributed by atoms with Crippen molar-refractivity contribution in [2.45, 2.75) is 33.0 Å². The Bertz CT molecular complexity index is 780. The number of ether oxygens (including phenoxy) is 1. The maximum Gasteiger partial charge on any atom is 0.260 e. The number of Topliss-reactive ketones (excluding diaryl/α,β-unsaturated/α-hetero) is 1. The average Bonchev–Trinajstić information content (AvgIpc) is 3.03. The summed E-state index contributed by atoms with van der Waals surface area (Å²) in [6.45, 7) is 4.72. The van der Waals surface area contributed by atoms with Gasteiger partial charge in [0.25, 0.3) is 5.91 Å². The summed E-state index contributed by atoms with van der Waals surface area (Å²) in [6, 6.07) is 8.55. The Morgan fingerprint density at radius 3 is 2.64 bits per heavy atom. The van der Waals surface area contributed by atoms with Crippen molar-refractivity contribution in [2.24, 2.45) is 0 Å². The summed E-state index contributed by atoms with van der Waals surface area (Å²) in [4.78, 5) is 25.3. The van der Waals surface area contributed by atoms with Gasteiger partial charge in [0.1, 0.15) is 5.75 Å². The highest BCUT2D eigenvalue weighted by Gasteiger charge is 2.23. The lowest BCUT2D eigenvalue weighted by Crippen LogP contribution is -2.40. The van der Waals surface area contributed by atoms with Gasteiger partial charge in [0.2, 0.25) is 0 Å². The Labute approximate surface area is 145 Å². The van der Waals surface area contributed by atoms with E-state index in [1.54, 1.807) is 36.1 Å². The number of ketones is 1. The van der Waals surface area contributed by atoms with E-state index in [9.17, 15) is 14.7 Å². The maximum atomic E-state index is 12.4. The van der Waals surface area contributed by atoms with Crippen LogP contribution in [-0.2, 0) is 17.9 Å². The first-order valence-corrected chi connectivity index (χ1v) is 8.20. The highest BCUT2D eigenvalue weighted by atomic mass is 16.5. The quantitative estimate of drug-likeness (QED) is 0.833. The molecule has 2 heterocycles. The van der Waals surface area contributed by atoms with E-state index >= 15 is 0 Å². The molecule has 0 saturated heterocycles. The van der Waals surface area contributed by atoms with Crippen LogP contribution in [0.2, 0.25) is 0 Å². The Hall–Kier alpha value is -2.67. The number of aliphatic hydroxyl groups is 1. The normalized spacial score (nSPS) is 14.8. The fourth-order valence-corrected chi connectivity index (χ4v) is 2.73. The molecule has 0 spiro atoms. The molecule has 1 unspecified atom stereocenters. The summed E-state index contributed by atoms with van der Waals surface area (Å²) in [7, 11) is 0. The number of aromatic nitrogens is 2. The van der Waals surface area contributed by atoms with Crippen LogP contribution in [-0.4, -0.2) is 44.6 Å². The largest absolute Gasteiger partial charge is 0.484 e. The molecule has 3 rings (SSSR count). The minimum absolute atomic E-state index is 0.0101. The molecule has 2 aromatic rings. The van der Waals surface area contributed by atoms with Gasteiger partial charge < -0.3 is 14.7 Å². The van der Waals surface area contributed by atoms with Crippen LogP contribution in [0.4, 0.5) is 0 Å². The molecular weight excluding hydrogens is 322 g/mol. The Morgan fingerprint density at radius 2 is 2.00 bits per heavy atom. The van der Waals surface area contributed by atoms with Gasteiger partial charge in [0.15, 0.2) is 12.4 Å². The van der Waals surface area contributed by atoms with E-state index in [2.05, 4.69) is 5.10 Å². The second kappa shape index (κ2) is 7.06. The molecule has 1 N–H and O–H groups in total. The van der Waals surface area contributed by atoms with E-state index in [0.717, 1.165) is 5.69 Å². The molecule has 1 amide bonds. The molecule has 0 fully saturated rings. The number of fused-ring (bicyclic) bond motifs is 1. The molecule has 7 heteroatoms. The lowest BCUT2D eigenvalue weighted by atomic mass is 10.1. The van der Waals surface area contributed by atoms with Crippen molar-refractivity contribution in [1.29, 1.82) is 0 Å². The zero-order valence-electron chi connectivity index (χ0n) is 14.3. The van der Waals surface area contributed by atoms with Crippen LogP contribution in [0.1, 0.15) is 41.7 Å². The summed E-state index contributed by atoms with van der Waals surface area (Å²) in [5.74, 6) is 0.433. The van der Waals surface area contributed by atoms with Crippen LogP contribution >= 0.6 is 0 Å². The zero-order chi connectivity index (χ0) is 18.0. The Morgan fingerprint density at radius 1 is 1.28 bits per heavy atom. The summed E-state index contributed by atoms with van der Waals surface area (Å²) < 4.78 is 7.35. The van der Waals surface area contributed by atoms with Gasteiger partial charge >= 0.3 is 0 Å². The maximum absolute atomic E-state index is 12.4. The number of benzene rings is 1. The lowest BCUT2D eigenvalue weighted by molar-refractivity contribution is -0.134. The summed E-state index contributed by atoms with van der Waals surface area (Å²) >= 11 is 0. The molecule has 0 bridgehead atoms. The van der Waals surface area contributed by atoms with Crippen molar-refractivity contribution in [1.82, 2.24) is 14.7 Å². The van der Waals surface area contributed by atoms with Gasteiger partial charge in [-0.15, -0.1) is 0 Å². The fourth-order valence-electron chi connectivity index (χ4n) is 2.73. The first-order chi connectivity index (χ1) is 11.9. The summed E-state index contributed by atoms with van der Waals surface area (Å²) in [6.07, 6.45) is -0.622. The summed E-state index contributed by atoms with van der Waals surface area (Å²) in [5.41, 5.74) is 2.13. The fraction of sp³-hybridized carbons (Fsp3) is 0.389. The predicted molar refractivity (Wildman–Crippen MR) is 90.2 cm³/mol. The number of hydrogen-bond acceptors (Lipinski definition) is 5. The van der Waals surface area contributed by atoms with E-state index in [-0.39, 0.29) is 18.3 Å². The van der Waals surface area contributed by atoms with Crippen LogP contribution in [0.3, 0.4) is 0 Å². The number of carbonyl (C=O) groups excluding carboxylic acids is 2. The van der Waals surface area contributed by atoms with Gasteiger partial charge in [-0.3, -0.25) is 14.3 Å². The number of amides is 1. The summed E-state index contributed by atoms with van der Waals surface area (Å²) in [5, 5.41) is 13.9. The molecule has 0 radical (unpaired) electrons. The molecular formula is C18H21N3O4.